The van der Waals surface area contributed by atoms with Gasteiger partial charge in [-0.3, -0.25) is 4.79 Å². The lowest BCUT2D eigenvalue weighted by molar-refractivity contribution is -0.396. The Morgan fingerprint density at radius 1 is 0.656 bits per heavy atom. The molecular formula is C40H50F14O9Si. The molecular weight excluding hydrogens is 918 g/mol. The summed E-state index contributed by atoms with van der Waals surface area (Å²) in [6.45, 7) is 9.42. The van der Waals surface area contributed by atoms with Crippen LogP contribution in [-0.2, 0) is 44.4 Å². The highest BCUT2D eigenvalue weighted by molar-refractivity contribution is 6.76. The molecule has 0 amide bonds. The van der Waals surface area contributed by atoms with Gasteiger partial charge < -0.3 is 28.1 Å². The minimum absolute atomic E-state index is 0.0592. The van der Waals surface area contributed by atoms with Crippen LogP contribution in [0.2, 0.25) is 17.1 Å². The molecule has 0 aliphatic carbocycles. The first kappa shape index (κ1) is 56.2. The van der Waals surface area contributed by atoms with Crippen molar-refractivity contribution in [1.82, 2.24) is 0 Å². The van der Waals surface area contributed by atoms with Crippen molar-refractivity contribution in [2.24, 2.45) is 0 Å². The van der Waals surface area contributed by atoms with Crippen LogP contribution in [-0.4, -0.2) is 99.4 Å². The SMILES string of the molecule is CC(C)[Si](CCC(F)(F)C(F)(F)F)(O[C@@H]1C=CC(=O)O[C@@H](C)CC(=O)O[C@@H](C)[C@@H](OCc2ccc(OCCCC(F)(F)C(F)(F)C(F)(F)C(F)(F)F)cc2)C=CC(=O)O[C@@H]1C)C(C)C. The largest absolute Gasteiger partial charge is 0.494 e. The van der Waals surface area contributed by atoms with E-state index < -0.39 is 142 Å². The van der Waals surface area contributed by atoms with Crippen LogP contribution in [0.25, 0.3) is 0 Å². The van der Waals surface area contributed by atoms with Crippen molar-refractivity contribution >= 4 is 26.2 Å². The molecule has 9 nitrogen and oxygen atoms in total. The van der Waals surface area contributed by atoms with Gasteiger partial charge in [0.25, 0.3) is 0 Å². The Morgan fingerprint density at radius 3 is 1.69 bits per heavy atom. The zero-order valence-corrected chi connectivity index (χ0v) is 36.6. The van der Waals surface area contributed by atoms with Crippen LogP contribution in [0.3, 0.4) is 0 Å². The van der Waals surface area contributed by atoms with Gasteiger partial charge in [-0.1, -0.05) is 39.8 Å². The summed E-state index contributed by atoms with van der Waals surface area (Å²) >= 11 is 0. The zero-order valence-electron chi connectivity index (χ0n) is 35.6. The number of benzene rings is 1. The predicted molar refractivity (Wildman–Crippen MR) is 201 cm³/mol. The highest BCUT2D eigenvalue weighted by Gasteiger charge is 2.81. The summed E-state index contributed by atoms with van der Waals surface area (Å²) in [5.41, 5.74) is -0.742. The molecule has 24 heteroatoms. The lowest BCUT2D eigenvalue weighted by atomic mass is 10.00. The Hall–Kier alpha value is -3.93. The molecule has 366 valence electrons. The fraction of sp³-hybridized carbons (Fsp3) is 0.675. The maximum Gasteiger partial charge on any atom is 0.460 e. The Bertz CT molecular complexity index is 1740. The molecule has 64 heavy (non-hydrogen) atoms. The molecule has 0 spiro atoms. The summed E-state index contributed by atoms with van der Waals surface area (Å²) in [6.07, 6.45) is -19.9. The predicted octanol–water partition coefficient (Wildman–Crippen LogP) is 11.2. The first-order chi connectivity index (χ1) is 29.1. The molecule has 0 saturated heterocycles. The molecule has 0 saturated carbocycles. The van der Waals surface area contributed by atoms with Gasteiger partial charge >= 0.3 is 54.0 Å². The molecule has 2 rings (SSSR count). The van der Waals surface area contributed by atoms with E-state index in [1.54, 1.807) is 27.7 Å². The number of hydrogen-bond acceptors (Lipinski definition) is 9. The van der Waals surface area contributed by atoms with Crippen molar-refractivity contribution in [2.45, 2.75) is 164 Å². The molecule has 0 fully saturated rings. The Labute approximate surface area is 360 Å². The number of halogens is 14. The number of cyclic esters (lactones) is 3. The van der Waals surface area contributed by atoms with Crippen LogP contribution >= 0.6 is 0 Å². The summed E-state index contributed by atoms with van der Waals surface area (Å²) < 4.78 is 220. The monoisotopic (exact) mass is 968 g/mol. The van der Waals surface area contributed by atoms with Gasteiger partial charge in [0.2, 0.25) is 0 Å². The van der Waals surface area contributed by atoms with E-state index in [0.29, 0.717) is 5.56 Å². The Kier molecular flexibility index (Phi) is 19.3. The molecule has 5 atom stereocenters. The van der Waals surface area contributed by atoms with Gasteiger partial charge in [-0.05, 0) is 74.2 Å². The fourth-order valence-corrected chi connectivity index (χ4v) is 11.0. The number of rotatable bonds is 17. The average Bonchev–Trinajstić information content (AvgIpc) is 3.14. The van der Waals surface area contributed by atoms with Gasteiger partial charge in [-0.2, -0.15) is 61.5 Å². The van der Waals surface area contributed by atoms with Gasteiger partial charge in [0, 0.05) is 25.0 Å². The van der Waals surface area contributed by atoms with Crippen molar-refractivity contribution in [1.29, 1.82) is 0 Å². The minimum atomic E-state index is -7.00. The normalized spacial score (nSPS) is 22.1. The topological polar surface area (TPSA) is 107 Å². The highest BCUT2D eigenvalue weighted by Crippen LogP contribution is 2.54. The summed E-state index contributed by atoms with van der Waals surface area (Å²) in [7, 11) is -3.65. The van der Waals surface area contributed by atoms with Crippen molar-refractivity contribution in [2.75, 3.05) is 6.61 Å². The molecule has 0 bridgehead atoms. The van der Waals surface area contributed by atoms with Crippen LogP contribution in [0.5, 0.6) is 5.75 Å². The second-order valence-corrected chi connectivity index (χ2v) is 20.7. The number of hydrogen-bond donors (Lipinski definition) is 0. The lowest BCUT2D eigenvalue weighted by Crippen LogP contribution is -2.60. The molecule has 1 aliphatic rings. The van der Waals surface area contributed by atoms with E-state index in [1.807, 2.05) is 0 Å². The van der Waals surface area contributed by atoms with Gasteiger partial charge in [0.1, 0.15) is 36.3 Å². The molecule has 0 unspecified atom stereocenters. The van der Waals surface area contributed by atoms with Crippen molar-refractivity contribution in [3.63, 3.8) is 0 Å². The van der Waals surface area contributed by atoms with E-state index in [-0.39, 0.29) is 12.4 Å². The molecule has 0 aromatic heterocycles. The smallest absolute Gasteiger partial charge is 0.460 e. The molecule has 1 aliphatic heterocycles. The third kappa shape index (κ3) is 14.8. The third-order valence-corrected chi connectivity index (χ3v) is 15.8. The Morgan fingerprint density at radius 2 is 1.17 bits per heavy atom. The van der Waals surface area contributed by atoms with Crippen LogP contribution in [0.4, 0.5) is 61.5 Å². The minimum Gasteiger partial charge on any atom is -0.494 e. The average molecular weight is 969 g/mol. The van der Waals surface area contributed by atoms with E-state index in [2.05, 4.69) is 0 Å². The number of ether oxygens (including phenoxy) is 5. The molecule has 1 aromatic rings. The maximum absolute atomic E-state index is 14.2. The number of esters is 3. The number of carbonyl (C=O) groups is 3. The van der Waals surface area contributed by atoms with E-state index in [4.69, 9.17) is 28.1 Å². The maximum atomic E-state index is 14.2. The zero-order chi connectivity index (χ0) is 49.3. The highest BCUT2D eigenvalue weighted by atomic mass is 28.4. The van der Waals surface area contributed by atoms with E-state index in [0.717, 1.165) is 24.3 Å². The van der Waals surface area contributed by atoms with E-state index in [1.165, 1.54) is 45.0 Å². The molecule has 1 heterocycles. The number of alkyl halides is 14. The van der Waals surface area contributed by atoms with E-state index in [9.17, 15) is 75.8 Å². The first-order valence-corrected chi connectivity index (χ1v) is 22.0. The molecule has 0 N–H and O–H groups in total. The summed E-state index contributed by atoms with van der Waals surface area (Å²) in [6, 6.07) is 4.55. The molecule has 0 radical (unpaired) electrons. The fourth-order valence-electron chi connectivity index (χ4n) is 6.36. The van der Waals surface area contributed by atoms with Crippen LogP contribution < -0.4 is 4.74 Å². The van der Waals surface area contributed by atoms with Crippen LogP contribution in [0.15, 0.2) is 48.6 Å². The Balaban J connectivity index is 2.27. The first-order valence-electron chi connectivity index (χ1n) is 19.7. The number of carbonyl (C=O) groups excluding carboxylic acids is 3. The van der Waals surface area contributed by atoms with Crippen LogP contribution in [0.1, 0.15) is 79.7 Å². The molecule has 1 aromatic carbocycles. The lowest BCUT2D eigenvalue weighted by Gasteiger charge is -2.42. The van der Waals surface area contributed by atoms with Crippen LogP contribution in [0, 0.1) is 0 Å². The van der Waals surface area contributed by atoms with Gasteiger partial charge in [0.05, 0.1) is 19.6 Å². The second kappa shape index (κ2) is 22.0. The summed E-state index contributed by atoms with van der Waals surface area (Å²) in [5, 5.41) is 0. The standard InChI is InChI=1S/C40H50F14O9Si/c1-23(2)64(24(3)4,20-18-36(43,44)39(49,50)51)63-31-14-16-32(55)60-25(5)21-34(57)62-26(6)30(13-15-33(56)61-27(31)7)59-22-28-9-11-29(12-10-28)58-19-8-17-35(41,42)37(45,46)38(47,48)40(52,53)54/h9-16,23-27,30-31H,8,17-22H2,1-7H3/t25-,26-,27+,30-,31+/m0/s1. The van der Waals surface area contributed by atoms with Crippen molar-refractivity contribution < 1.29 is 104 Å². The van der Waals surface area contributed by atoms with E-state index >= 15 is 0 Å². The van der Waals surface area contributed by atoms with Gasteiger partial charge in [0.15, 0.2) is 8.32 Å². The van der Waals surface area contributed by atoms with Crippen molar-refractivity contribution in [3.8, 4) is 5.75 Å². The third-order valence-electron chi connectivity index (χ3n) is 10.2. The van der Waals surface area contributed by atoms with Gasteiger partial charge in [-0.15, -0.1) is 0 Å². The second-order valence-electron chi connectivity index (χ2n) is 15.8. The van der Waals surface area contributed by atoms with Gasteiger partial charge in [-0.25, -0.2) is 9.59 Å². The van der Waals surface area contributed by atoms with Crippen molar-refractivity contribution in [3.05, 3.63) is 54.1 Å². The summed E-state index contributed by atoms with van der Waals surface area (Å²) in [4.78, 5) is 38.7. The summed E-state index contributed by atoms with van der Waals surface area (Å²) in [5.74, 6) is -27.5. The quantitative estimate of drug-likeness (QED) is 0.0496.